The molecule has 1 N–H and O–H groups in total. The first-order valence-corrected chi connectivity index (χ1v) is 5.92. The fourth-order valence-electron chi connectivity index (χ4n) is 3.01. The summed E-state index contributed by atoms with van der Waals surface area (Å²) >= 11 is 0. The molecule has 0 aromatic heterocycles. The molecular weight excluding hydrogens is 202 g/mol. The van der Waals surface area contributed by atoms with Crippen LogP contribution in [0.3, 0.4) is 0 Å². The third kappa shape index (κ3) is 1.39. The number of aromatic hydroxyl groups is 1. The minimum absolute atomic E-state index is 0.391. The van der Waals surface area contributed by atoms with Gasteiger partial charge in [-0.3, -0.25) is 4.90 Å². The van der Waals surface area contributed by atoms with Gasteiger partial charge in [0.05, 0.1) is 6.04 Å². The Morgan fingerprint density at radius 3 is 3.19 bits per heavy atom. The molecule has 1 aromatic rings. The van der Waals surface area contributed by atoms with E-state index < -0.39 is 0 Å². The van der Waals surface area contributed by atoms with Gasteiger partial charge in [0, 0.05) is 11.5 Å². The molecule has 86 valence electrons. The fourth-order valence-corrected chi connectivity index (χ4v) is 3.01. The maximum absolute atomic E-state index is 9.98. The van der Waals surface area contributed by atoms with Crippen molar-refractivity contribution in [1.29, 1.82) is 0 Å². The first kappa shape index (κ1) is 9.97. The summed E-state index contributed by atoms with van der Waals surface area (Å²) in [6, 6.07) is 6.00. The van der Waals surface area contributed by atoms with E-state index in [-0.39, 0.29) is 0 Å². The van der Waals surface area contributed by atoms with Crippen LogP contribution in [0.5, 0.6) is 11.5 Å². The summed E-state index contributed by atoms with van der Waals surface area (Å²) in [5, 5.41) is 9.98. The topological polar surface area (TPSA) is 32.7 Å². The summed E-state index contributed by atoms with van der Waals surface area (Å²) in [5.41, 5.74) is 1.02. The smallest absolute Gasteiger partial charge is 0.126 e. The molecule has 3 heteroatoms. The zero-order valence-electron chi connectivity index (χ0n) is 9.52. The monoisotopic (exact) mass is 219 g/mol. The predicted octanol–water partition coefficient (Wildman–Crippen LogP) is 1.96. The van der Waals surface area contributed by atoms with E-state index in [1.165, 1.54) is 6.42 Å². The van der Waals surface area contributed by atoms with Gasteiger partial charge in [-0.2, -0.15) is 0 Å². The van der Waals surface area contributed by atoms with Gasteiger partial charge < -0.3 is 9.84 Å². The SMILES string of the molecule is CN1CCCC2c3c(O)cccc3OCC21. The van der Waals surface area contributed by atoms with Crippen LogP contribution in [-0.2, 0) is 0 Å². The number of likely N-dealkylation sites (tertiary alicyclic amines) is 1. The van der Waals surface area contributed by atoms with Gasteiger partial charge in [-0.05, 0) is 38.6 Å². The van der Waals surface area contributed by atoms with Crippen LogP contribution < -0.4 is 4.74 Å². The lowest BCUT2D eigenvalue weighted by Crippen LogP contribution is -2.47. The molecule has 0 amide bonds. The van der Waals surface area contributed by atoms with Crippen molar-refractivity contribution < 1.29 is 9.84 Å². The molecule has 3 rings (SSSR count). The largest absolute Gasteiger partial charge is 0.508 e. The lowest BCUT2D eigenvalue weighted by Gasteiger charge is -2.42. The number of likely N-dealkylation sites (N-methyl/N-ethyl adjacent to an activating group) is 1. The number of phenols is 1. The van der Waals surface area contributed by atoms with Gasteiger partial charge in [-0.25, -0.2) is 0 Å². The molecule has 2 heterocycles. The van der Waals surface area contributed by atoms with Crippen molar-refractivity contribution >= 4 is 0 Å². The first-order chi connectivity index (χ1) is 7.77. The van der Waals surface area contributed by atoms with Crippen LogP contribution >= 0.6 is 0 Å². The van der Waals surface area contributed by atoms with Crippen LogP contribution in [0.1, 0.15) is 24.3 Å². The number of benzene rings is 1. The molecule has 1 fully saturated rings. The summed E-state index contributed by atoms with van der Waals surface area (Å²) in [5.74, 6) is 1.70. The van der Waals surface area contributed by atoms with Crippen molar-refractivity contribution in [3.8, 4) is 11.5 Å². The predicted molar refractivity (Wildman–Crippen MR) is 62.0 cm³/mol. The van der Waals surface area contributed by atoms with Gasteiger partial charge in [0.1, 0.15) is 18.1 Å². The van der Waals surface area contributed by atoms with Crippen molar-refractivity contribution in [1.82, 2.24) is 4.90 Å². The number of hydrogen-bond donors (Lipinski definition) is 1. The molecule has 2 unspecified atom stereocenters. The van der Waals surface area contributed by atoms with Crippen molar-refractivity contribution in [2.75, 3.05) is 20.2 Å². The molecule has 0 bridgehead atoms. The zero-order valence-corrected chi connectivity index (χ0v) is 9.52. The van der Waals surface area contributed by atoms with Gasteiger partial charge in [-0.1, -0.05) is 6.07 Å². The number of nitrogens with zero attached hydrogens (tertiary/aromatic N) is 1. The fraction of sp³-hybridized carbons (Fsp3) is 0.538. The van der Waals surface area contributed by atoms with Gasteiger partial charge in [0.25, 0.3) is 0 Å². The third-order valence-electron chi connectivity index (χ3n) is 3.88. The van der Waals surface area contributed by atoms with E-state index in [9.17, 15) is 5.11 Å². The molecule has 2 atom stereocenters. The summed E-state index contributed by atoms with van der Waals surface area (Å²) in [4.78, 5) is 2.35. The second kappa shape index (κ2) is 3.67. The number of phenolic OH excluding ortho intramolecular Hbond substituents is 1. The second-order valence-corrected chi connectivity index (χ2v) is 4.80. The number of fused-ring (bicyclic) bond motifs is 3. The summed E-state index contributed by atoms with van der Waals surface area (Å²) in [6.07, 6.45) is 2.36. The summed E-state index contributed by atoms with van der Waals surface area (Å²) in [6.45, 7) is 1.88. The molecule has 0 radical (unpaired) electrons. The number of piperidine rings is 1. The normalized spacial score (nSPS) is 29.1. The van der Waals surface area contributed by atoms with Crippen LogP contribution in [0.2, 0.25) is 0 Å². The average molecular weight is 219 g/mol. The highest BCUT2D eigenvalue weighted by atomic mass is 16.5. The number of hydrogen-bond acceptors (Lipinski definition) is 3. The Morgan fingerprint density at radius 2 is 2.31 bits per heavy atom. The average Bonchev–Trinajstić information content (AvgIpc) is 2.29. The van der Waals surface area contributed by atoms with Crippen molar-refractivity contribution in [2.24, 2.45) is 0 Å². The molecule has 2 aliphatic rings. The summed E-state index contributed by atoms with van der Waals surface area (Å²) < 4.78 is 5.74. The Labute approximate surface area is 95.6 Å². The quantitative estimate of drug-likeness (QED) is 0.724. The van der Waals surface area contributed by atoms with Crippen molar-refractivity contribution in [2.45, 2.75) is 24.8 Å². The second-order valence-electron chi connectivity index (χ2n) is 4.80. The molecule has 3 nitrogen and oxygen atoms in total. The highest BCUT2D eigenvalue weighted by Gasteiger charge is 2.37. The maximum Gasteiger partial charge on any atom is 0.126 e. The standard InChI is InChI=1S/C13H17NO2/c1-14-7-3-4-9-10(14)8-16-12-6-2-5-11(15)13(9)12/h2,5-6,9-10,15H,3-4,7-8H2,1H3. The van der Waals surface area contributed by atoms with E-state index in [2.05, 4.69) is 11.9 Å². The lowest BCUT2D eigenvalue weighted by molar-refractivity contribution is 0.0853. The highest BCUT2D eigenvalue weighted by molar-refractivity contribution is 5.48. The minimum Gasteiger partial charge on any atom is -0.508 e. The molecular formula is C13H17NO2. The minimum atomic E-state index is 0.391. The molecule has 1 aromatic carbocycles. The van der Waals surface area contributed by atoms with E-state index in [4.69, 9.17) is 4.74 Å². The first-order valence-electron chi connectivity index (χ1n) is 5.92. The van der Waals surface area contributed by atoms with Gasteiger partial charge >= 0.3 is 0 Å². The van der Waals surface area contributed by atoms with Crippen LogP contribution in [0, 0.1) is 0 Å². The van der Waals surface area contributed by atoms with Crippen LogP contribution in [0.25, 0.3) is 0 Å². The molecule has 1 saturated heterocycles. The number of ether oxygens (including phenoxy) is 1. The van der Waals surface area contributed by atoms with Crippen molar-refractivity contribution in [3.05, 3.63) is 23.8 Å². The van der Waals surface area contributed by atoms with Gasteiger partial charge in [0.15, 0.2) is 0 Å². The Morgan fingerprint density at radius 1 is 1.44 bits per heavy atom. The van der Waals surface area contributed by atoms with Crippen molar-refractivity contribution in [3.63, 3.8) is 0 Å². The lowest BCUT2D eigenvalue weighted by atomic mass is 9.81. The third-order valence-corrected chi connectivity index (χ3v) is 3.88. The molecule has 16 heavy (non-hydrogen) atoms. The molecule has 0 aliphatic carbocycles. The molecule has 0 saturated carbocycles. The van der Waals surface area contributed by atoms with Gasteiger partial charge in [-0.15, -0.1) is 0 Å². The highest BCUT2D eigenvalue weighted by Crippen LogP contribution is 2.44. The maximum atomic E-state index is 9.98. The van der Waals surface area contributed by atoms with Crippen LogP contribution in [-0.4, -0.2) is 36.2 Å². The Hall–Kier alpha value is -1.22. The van der Waals surface area contributed by atoms with E-state index in [1.54, 1.807) is 6.07 Å². The van der Waals surface area contributed by atoms with E-state index >= 15 is 0 Å². The van der Waals surface area contributed by atoms with E-state index in [0.717, 1.165) is 30.9 Å². The zero-order chi connectivity index (χ0) is 11.1. The Kier molecular flexibility index (Phi) is 2.28. The number of rotatable bonds is 0. The van der Waals surface area contributed by atoms with Crippen LogP contribution in [0.4, 0.5) is 0 Å². The Bertz CT molecular complexity index is 405. The van der Waals surface area contributed by atoms with Crippen LogP contribution in [0.15, 0.2) is 18.2 Å². The Balaban J connectivity index is 2.04. The van der Waals surface area contributed by atoms with E-state index in [1.807, 2.05) is 12.1 Å². The summed E-state index contributed by atoms with van der Waals surface area (Å²) in [7, 11) is 2.14. The van der Waals surface area contributed by atoms with E-state index in [0.29, 0.717) is 17.7 Å². The molecule has 0 spiro atoms. The molecule has 2 aliphatic heterocycles. The van der Waals surface area contributed by atoms with Gasteiger partial charge in [0.2, 0.25) is 0 Å².